The number of hydrogen-bond donors (Lipinski definition) is 2. The molecule has 1 heterocycles. The van der Waals surface area contributed by atoms with Crippen molar-refractivity contribution in [2.75, 3.05) is 7.05 Å². The summed E-state index contributed by atoms with van der Waals surface area (Å²) in [5.74, 6) is 2.11. The second-order valence-corrected chi connectivity index (χ2v) is 7.20. The number of ether oxygens (including phenoxy) is 1. The lowest BCUT2D eigenvalue weighted by atomic mass is 9.65. The predicted octanol–water partition coefficient (Wildman–Crippen LogP) is 2.12. The minimum Gasteiger partial charge on any atom is -0.329 e. The van der Waals surface area contributed by atoms with Crippen LogP contribution in [0.2, 0.25) is 0 Å². The topological polar surface area (TPSA) is 50.5 Å². The highest BCUT2D eigenvalue weighted by atomic mass is 16.6. The lowest BCUT2D eigenvalue weighted by molar-refractivity contribution is -0.0430. The standard InChI is InChI=1S/C14H29N3O/c1-9-8-10(14(2,3)4)6-7-11(9)12-16-17(5)13(15)18-12/h9-13,16H,6-8,15H2,1-5H3. The van der Waals surface area contributed by atoms with E-state index in [0.29, 0.717) is 17.3 Å². The maximum absolute atomic E-state index is 5.86. The molecule has 0 aromatic rings. The molecule has 5 unspecified atom stereocenters. The molecule has 2 rings (SSSR count). The van der Waals surface area contributed by atoms with Crippen LogP contribution in [-0.2, 0) is 4.74 Å². The van der Waals surface area contributed by atoms with E-state index in [9.17, 15) is 0 Å². The van der Waals surface area contributed by atoms with Crippen LogP contribution in [0.15, 0.2) is 0 Å². The Balaban J connectivity index is 1.94. The molecule has 0 spiro atoms. The van der Waals surface area contributed by atoms with Crippen molar-refractivity contribution in [2.24, 2.45) is 28.9 Å². The molecule has 0 amide bonds. The van der Waals surface area contributed by atoms with Gasteiger partial charge in [0.2, 0.25) is 0 Å². The zero-order valence-electron chi connectivity index (χ0n) is 12.4. The highest BCUT2D eigenvalue weighted by molar-refractivity contribution is 4.87. The molecular weight excluding hydrogens is 226 g/mol. The third-order valence-electron chi connectivity index (χ3n) is 4.85. The Morgan fingerprint density at radius 2 is 1.94 bits per heavy atom. The monoisotopic (exact) mass is 255 g/mol. The van der Waals surface area contributed by atoms with E-state index in [2.05, 4.69) is 33.1 Å². The second-order valence-electron chi connectivity index (χ2n) is 7.20. The fraction of sp³-hybridized carbons (Fsp3) is 1.00. The summed E-state index contributed by atoms with van der Waals surface area (Å²) in [6.07, 6.45) is 3.64. The van der Waals surface area contributed by atoms with Gasteiger partial charge in [0.05, 0.1) is 0 Å². The van der Waals surface area contributed by atoms with Gasteiger partial charge in [0.25, 0.3) is 0 Å². The number of rotatable bonds is 1. The van der Waals surface area contributed by atoms with Crippen LogP contribution in [0, 0.1) is 23.2 Å². The summed E-state index contributed by atoms with van der Waals surface area (Å²) in [5.41, 5.74) is 9.63. The van der Waals surface area contributed by atoms with Gasteiger partial charge in [-0.2, -0.15) is 0 Å². The molecule has 106 valence electrons. The summed E-state index contributed by atoms with van der Waals surface area (Å²) in [4.78, 5) is 0. The predicted molar refractivity (Wildman–Crippen MR) is 73.2 cm³/mol. The minimum absolute atomic E-state index is 0.0981. The van der Waals surface area contributed by atoms with Crippen LogP contribution in [0.25, 0.3) is 0 Å². The lowest BCUT2D eigenvalue weighted by Gasteiger charge is -2.42. The van der Waals surface area contributed by atoms with Crippen LogP contribution >= 0.6 is 0 Å². The van der Waals surface area contributed by atoms with Gasteiger partial charge in [-0.3, -0.25) is 5.73 Å². The molecule has 5 atom stereocenters. The summed E-state index contributed by atoms with van der Waals surface area (Å²) in [7, 11) is 1.94. The van der Waals surface area contributed by atoms with E-state index in [4.69, 9.17) is 10.5 Å². The van der Waals surface area contributed by atoms with Crippen LogP contribution in [-0.4, -0.2) is 24.6 Å². The molecule has 1 saturated heterocycles. The first kappa shape index (κ1) is 14.3. The number of nitrogens with one attached hydrogen (secondary N) is 1. The zero-order valence-corrected chi connectivity index (χ0v) is 12.4. The number of hydrogen-bond acceptors (Lipinski definition) is 4. The molecule has 2 aliphatic rings. The first-order valence-corrected chi connectivity index (χ1v) is 7.19. The molecule has 1 aliphatic carbocycles. The van der Waals surface area contributed by atoms with Gasteiger partial charge in [-0.15, -0.1) is 0 Å². The Labute approximate surface area is 111 Å². The molecule has 1 aliphatic heterocycles. The Morgan fingerprint density at radius 3 is 2.39 bits per heavy atom. The molecule has 4 heteroatoms. The van der Waals surface area contributed by atoms with Crippen molar-refractivity contribution in [1.29, 1.82) is 0 Å². The van der Waals surface area contributed by atoms with E-state index in [1.807, 2.05) is 12.1 Å². The fourth-order valence-corrected chi connectivity index (χ4v) is 3.40. The van der Waals surface area contributed by atoms with Crippen LogP contribution < -0.4 is 11.2 Å². The van der Waals surface area contributed by atoms with Crippen molar-refractivity contribution in [3.8, 4) is 0 Å². The summed E-state index contributed by atoms with van der Waals surface area (Å²) in [6.45, 7) is 9.44. The fourth-order valence-electron chi connectivity index (χ4n) is 3.40. The molecule has 0 aromatic carbocycles. The van der Waals surface area contributed by atoms with Gasteiger partial charge < -0.3 is 4.74 Å². The van der Waals surface area contributed by atoms with Crippen molar-refractivity contribution in [2.45, 2.75) is 59.5 Å². The average molecular weight is 255 g/mol. The van der Waals surface area contributed by atoms with E-state index < -0.39 is 0 Å². The molecule has 0 radical (unpaired) electrons. The SMILES string of the molecule is CC1CC(C(C)(C)C)CCC1C1NN(C)C(N)O1. The molecular formula is C14H29N3O. The Kier molecular flexibility index (Phi) is 4.02. The van der Waals surface area contributed by atoms with Gasteiger partial charge >= 0.3 is 0 Å². The normalized spacial score (nSPS) is 43.3. The highest BCUT2D eigenvalue weighted by Gasteiger charge is 2.41. The quantitative estimate of drug-likeness (QED) is 0.753. The van der Waals surface area contributed by atoms with Crippen LogP contribution in [0.4, 0.5) is 0 Å². The summed E-state index contributed by atoms with van der Waals surface area (Å²) < 4.78 is 5.80. The number of nitrogens with two attached hydrogens (primary N) is 1. The molecule has 18 heavy (non-hydrogen) atoms. The van der Waals surface area contributed by atoms with Gasteiger partial charge in [0.1, 0.15) is 6.23 Å². The Bertz CT molecular complexity index is 279. The van der Waals surface area contributed by atoms with Crippen LogP contribution in [0.1, 0.15) is 47.0 Å². The van der Waals surface area contributed by atoms with Crippen LogP contribution in [0.3, 0.4) is 0 Å². The smallest absolute Gasteiger partial charge is 0.177 e. The van der Waals surface area contributed by atoms with Crippen molar-refractivity contribution < 1.29 is 4.74 Å². The molecule has 0 aromatic heterocycles. The maximum atomic E-state index is 5.86. The molecule has 0 bridgehead atoms. The van der Waals surface area contributed by atoms with Gasteiger partial charge in [-0.1, -0.05) is 27.7 Å². The summed E-state index contributed by atoms with van der Waals surface area (Å²) in [6, 6.07) is 0. The van der Waals surface area contributed by atoms with E-state index in [1.54, 1.807) is 0 Å². The minimum atomic E-state index is -0.303. The Hall–Kier alpha value is -0.160. The van der Waals surface area contributed by atoms with Gasteiger partial charge in [0.15, 0.2) is 6.35 Å². The lowest BCUT2D eigenvalue weighted by Crippen LogP contribution is -2.44. The first-order chi connectivity index (χ1) is 8.29. The Morgan fingerprint density at radius 1 is 1.28 bits per heavy atom. The molecule has 2 fully saturated rings. The molecule has 1 saturated carbocycles. The summed E-state index contributed by atoms with van der Waals surface area (Å²) >= 11 is 0. The third kappa shape index (κ3) is 2.87. The maximum Gasteiger partial charge on any atom is 0.177 e. The average Bonchev–Trinajstić information content (AvgIpc) is 2.57. The van der Waals surface area contributed by atoms with Gasteiger partial charge in [0, 0.05) is 13.0 Å². The van der Waals surface area contributed by atoms with Gasteiger partial charge in [-0.25, -0.2) is 10.4 Å². The van der Waals surface area contributed by atoms with Crippen molar-refractivity contribution in [1.82, 2.24) is 10.4 Å². The summed E-state index contributed by atoms with van der Waals surface area (Å²) in [5, 5.41) is 1.87. The first-order valence-electron chi connectivity index (χ1n) is 7.19. The van der Waals surface area contributed by atoms with Crippen LogP contribution in [0.5, 0.6) is 0 Å². The van der Waals surface area contributed by atoms with E-state index >= 15 is 0 Å². The van der Waals surface area contributed by atoms with Crippen molar-refractivity contribution in [3.05, 3.63) is 0 Å². The molecule has 4 nitrogen and oxygen atoms in total. The van der Waals surface area contributed by atoms with Gasteiger partial charge in [-0.05, 0) is 36.5 Å². The third-order valence-corrected chi connectivity index (χ3v) is 4.85. The van der Waals surface area contributed by atoms with Crippen molar-refractivity contribution >= 4 is 0 Å². The van der Waals surface area contributed by atoms with Crippen molar-refractivity contribution in [3.63, 3.8) is 0 Å². The van der Waals surface area contributed by atoms with E-state index in [1.165, 1.54) is 19.3 Å². The zero-order chi connectivity index (χ0) is 13.5. The molecule has 3 N–H and O–H groups in total. The van der Waals surface area contributed by atoms with E-state index in [-0.39, 0.29) is 12.6 Å². The number of hydrazine groups is 1. The van der Waals surface area contributed by atoms with E-state index in [0.717, 1.165) is 5.92 Å². The highest BCUT2D eigenvalue weighted by Crippen LogP contribution is 2.44. The largest absolute Gasteiger partial charge is 0.329 e. The number of nitrogens with zero attached hydrogens (tertiary/aromatic N) is 1. The second kappa shape index (κ2) is 5.08.